The molecule has 0 saturated carbocycles. The van der Waals surface area contributed by atoms with Crippen molar-refractivity contribution in [2.24, 2.45) is 0 Å². The summed E-state index contributed by atoms with van der Waals surface area (Å²) in [4.78, 5) is 0. The quantitative estimate of drug-likeness (QED) is 0.730. The number of hydrogen-bond acceptors (Lipinski definition) is 1. The van der Waals surface area contributed by atoms with Crippen LogP contribution in [-0.4, -0.2) is 5.11 Å². The summed E-state index contributed by atoms with van der Waals surface area (Å²) in [5.74, 6) is 0.429. The predicted octanol–water partition coefficient (Wildman–Crippen LogP) is 3.77. The SMILES string of the molecule is Cc1ccc(P(c2ccccc2)c2ccccc2)c(O)c1C. The molecular weight excluding hydrogens is 287 g/mol. The van der Waals surface area contributed by atoms with Crippen LogP contribution in [0.3, 0.4) is 0 Å². The lowest BCUT2D eigenvalue weighted by Gasteiger charge is -2.21. The van der Waals surface area contributed by atoms with Gasteiger partial charge in [0.1, 0.15) is 5.75 Å². The van der Waals surface area contributed by atoms with Crippen LogP contribution < -0.4 is 15.9 Å². The van der Waals surface area contributed by atoms with Gasteiger partial charge in [0.05, 0.1) is 0 Å². The van der Waals surface area contributed by atoms with Crippen molar-refractivity contribution in [2.45, 2.75) is 13.8 Å². The van der Waals surface area contributed by atoms with Gasteiger partial charge in [-0.3, -0.25) is 0 Å². The maximum atomic E-state index is 10.7. The largest absolute Gasteiger partial charge is 0.507 e. The first-order valence-corrected chi connectivity index (χ1v) is 8.72. The second-order valence-corrected chi connectivity index (χ2v) is 7.57. The van der Waals surface area contributed by atoms with Gasteiger partial charge >= 0.3 is 0 Å². The van der Waals surface area contributed by atoms with E-state index in [0.717, 1.165) is 16.4 Å². The Morgan fingerprint density at radius 3 is 1.68 bits per heavy atom. The molecule has 1 nitrogen and oxygen atoms in total. The number of aryl methyl sites for hydroxylation is 1. The number of rotatable bonds is 3. The van der Waals surface area contributed by atoms with Crippen molar-refractivity contribution in [2.75, 3.05) is 0 Å². The lowest BCUT2D eigenvalue weighted by atomic mass is 10.1. The van der Waals surface area contributed by atoms with Crippen molar-refractivity contribution in [3.8, 4) is 5.75 Å². The fourth-order valence-electron chi connectivity index (χ4n) is 2.55. The van der Waals surface area contributed by atoms with Crippen molar-refractivity contribution in [3.05, 3.63) is 83.9 Å². The van der Waals surface area contributed by atoms with Crippen LogP contribution in [-0.2, 0) is 0 Å². The van der Waals surface area contributed by atoms with E-state index in [1.807, 2.05) is 26.0 Å². The van der Waals surface area contributed by atoms with Crippen molar-refractivity contribution >= 4 is 23.8 Å². The maximum Gasteiger partial charge on any atom is 0.127 e. The molecule has 0 aliphatic carbocycles. The first-order valence-electron chi connectivity index (χ1n) is 7.38. The molecule has 0 spiro atoms. The average molecular weight is 306 g/mol. The van der Waals surface area contributed by atoms with Crippen LogP contribution >= 0.6 is 7.92 Å². The first kappa shape index (κ1) is 14.8. The summed E-state index contributed by atoms with van der Waals surface area (Å²) < 4.78 is 0. The minimum atomic E-state index is -0.745. The van der Waals surface area contributed by atoms with Crippen molar-refractivity contribution < 1.29 is 5.11 Å². The molecule has 0 aromatic heterocycles. The Bertz CT molecular complexity index is 727. The molecule has 0 atom stereocenters. The fourth-order valence-corrected chi connectivity index (χ4v) is 4.95. The van der Waals surface area contributed by atoms with Crippen LogP contribution in [0.4, 0.5) is 0 Å². The Balaban J connectivity index is 2.21. The molecule has 3 aromatic rings. The maximum absolute atomic E-state index is 10.7. The molecule has 0 heterocycles. The zero-order valence-electron chi connectivity index (χ0n) is 12.8. The summed E-state index contributed by atoms with van der Waals surface area (Å²) in [6.45, 7) is 4.02. The molecule has 3 rings (SSSR count). The van der Waals surface area contributed by atoms with Gasteiger partial charge in [-0.05, 0) is 49.6 Å². The van der Waals surface area contributed by atoms with Crippen molar-refractivity contribution in [1.29, 1.82) is 0 Å². The Morgan fingerprint density at radius 2 is 1.18 bits per heavy atom. The van der Waals surface area contributed by atoms with E-state index in [1.165, 1.54) is 10.6 Å². The minimum Gasteiger partial charge on any atom is -0.507 e. The van der Waals surface area contributed by atoms with E-state index < -0.39 is 7.92 Å². The van der Waals surface area contributed by atoms with E-state index in [4.69, 9.17) is 0 Å². The highest BCUT2D eigenvalue weighted by Gasteiger charge is 2.20. The van der Waals surface area contributed by atoms with E-state index in [2.05, 4.69) is 60.7 Å². The smallest absolute Gasteiger partial charge is 0.127 e. The van der Waals surface area contributed by atoms with Crippen LogP contribution in [0.15, 0.2) is 72.8 Å². The van der Waals surface area contributed by atoms with Gasteiger partial charge in [0, 0.05) is 5.30 Å². The lowest BCUT2D eigenvalue weighted by molar-refractivity contribution is 0.475. The first-order chi connectivity index (χ1) is 10.7. The van der Waals surface area contributed by atoms with E-state index >= 15 is 0 Å². The molecule has 0 bridgehead atoms. The van der Waals surface area contributed by atoms with Crippen LogP contribution in [0.25, 0.3) is 0 Å². The molecule has 0 aliphatic heterocycles. The number of aromatic hydroxyl groups is 1. The molecule has 3 aromatic carbocycles. The summed E-state index contributed by atoms with van der Waals surface area (Å²) in [7, 11) is -0.745. The normalized spacial score (nSPS) is 10.9. The molecule has 0 saturated heterocycles. The molecule has 2 heteroatoms. The molecule has 0 fully saturated rings. The monoisotopic (exact) mass is 306 g/mol. The zero-order valence-corrected chi connectivity index (χ0v) is 13.7. The van der Waals surface area contributed by atoms with E-state index in [-0.39, 0.29) is 0 Å². The van der Waals surface area contributed by atoms with Gasteiger partial charge in [0.25, 0.3) is 0 Å². The lowest BCUT2D eigenvalue weighted by Crippen LogP contribution is -2.21. The summed E-state index contributed by atoms with van der Waals surface area (Å²) in [5.41, 5.74) is 2.09. The Hall–Kier alpha value is -2.11. The van der Waals surface area contributed by atoms with Gasteiger partial charge in [-0.1, -0.05) is 66.7 Å². The van der Waals surface area contributed by atoms with Crippen LogP contribution in [0.2, 0.25) is 0 Å². The average Bonchev–Trinajstić information content (AvgIpc) is 2.57. The Labute approximate surface area is 133 Å². The summed E-state index contributed by atoms with van der Waals surface area (Å²) >= 11 is 0. The third-order valence-electron chi connectivity index (χ3n) is 3.95. The van der Waals surface area contributed by atoms with E-state index in [9.17, 15) is 5.11 Å². The van der Waals surface area contributed by atoms with Crippen molar-refractivity contribution in [1.82, 2.24) is 0 Å². The molecule has 0 radical (unpaired) electrons. The minimum absolute atomic E-state index is 0.429. The molecule has 0 unspecified atom stereocenters. The topological polar surface area (TPSA) is 20.2 Å². The molecule has 110 valence electrons. The summed E-state index contributed by atoms with van der Waals surface area (Å²) in [6.07, 6.45) is 0. The van der Waals surface area contributed by atoms with Crippen LogP contribution in [0.1, 0.15) is 11.1 Å². The van der Waals surface area contributed by atoms with Crippen LogP contribution in [0.5, 0.6) is 5.75 Å². The molecular formula is C20H19OP. The third-order valence-corrected chi connectivity index (χ3v) is 6.42. The second kappa shape index (κ2) is 6.34. The van der Waals surface area contributed by atoms with Gasteiger partial charge < -0.3 is 5.11 Å². The molecule has 1 N–H and O–H groups in total. The van der Waals surface area contributed by atoms with Gasteiger partial charge in [-0.15, -0.1) is 0 Å². The number of hydrogen-bond donors (Lipinski definition) is 1. The predicted molar refractivity (Wildman–Crippen MR) is 96.3 cm³/mol. The van der Waals surface area contributed by atoms with Crippen LogP contribution in [0, 0.1) is 13.8 Å². The Morgan fingerprint density at radius 1 is 0.682 bits per heavy atom. The van der Waals surface area contributed by atoms with Gasteiger partial charge in [0.15, 0.2) is 0 Å². The number of phenolic OH excluding ortho intramolecular Hbond substituents is 1. The molecule has 0 aliphatic rings. The zero-order chi connectivity index (χ0) is 15.5. The summed E-state index contributed by atoms with van der Waals surface area (Å²) in [6, 6.07) is 25.1. The van der Waals surface area contributed by atoms with Crippen molar-refractivity contribution in [3.63, 3.8) is 0 Å². The summed E-state index contributed by atoms with van der Waals surface area (Å²) in [5, 5.41) is 14.2. The van der Waals surface area contributed by atoms with Gasteiger partial charge in [-0.2, -0.15) is 0 Å². The number of phenols is 1. The second-order valence-electron chi connectivity index (χ2n) is 5.38. The Kier molecular flexibility index (Phi) is 4.27. The molecule has 22 heavy (non-hydrogen) atoms. The van der Waals surface area contributed by atoms with E-state index in [0.29, 0.717) is 5.75 Å². The van der Waals surface area contributed by atoms with Gasteiger partial charge in [-0.25, -0.2) is 0 Å². The molecule has 0 amide bonds. The highest BCUT2D eigenvalue weighted by atomic mass is 31.1. The van der Waals surface area contributed by atoms with Gasteiger partial charge in [0.2, 0.25) is 0 Å². The highest BCUT2D eigenvalue weighted by molar-refractivity contribution is 7.80. The highest BCUT2D eigenvalue weighted by Crippen LogP contribution is 2.37. The standard InChI is InChI=1S/C20H19OP/c1-15-13-14-19(20(21)16(15)2)22(17-9-5-3-6-10-17)18-11-7-4-8-12-18/h3-14,21H,1-2H3. The fraction of sp³-hybridized carbons (Fsp3) is 0.100. The van der Waals surface area contributed by atoms with E-state index in [1.54, 1.807) is 0 Å². The third kappa shape index (κ3) is 2.77. The number of benzene rings is 3.